The Kier molecular flexibility index (Phi) is 7.18. The van der Waals surface area contributed by atoms with Gasteiger partial charge in [0.15, 0.2) is 10.8 Å². The molecule has 0 saturated heterocycles. The van der Waals surface area contributed by atoms with E-state index in [0.717, 1.165) is 5.69 Å². The monoisotopic (exact) mass is 525 g/mol. The molecule has 0 unspecified atom stereocenters. The minimum Gasteiger partial charge on any atom is -0.494 e. The fourth-order valence-electron chi connectivity index (χ4n) is 3.45. The first kappa shape index (κ1) is 25.1. The summed E-state index contributed by atoms with van der Waals surface area (Å²) in [7, 11) is -0.925. The molecule has 11 nitrogen and oxygen atoms in total. The van der Waals surface area contributed by atoms with E-state index in [1.807, 2.05) is 18.4 Å². The molecule has 0 spiro atoms. The Hall–Kier alpha value is -4.02. The van der Waals surface area contributed by atoms with E-state index in [-0.39, 0.29) is 12.4 Å². The highest BCUT2D eigenvalue weighted by Gasteiger charge is 2.29. The van der Waals surface area contributed by atoms with Crippen LogP contribution in [0.25, 0.3) is 16.5 Å². The Morgan fingerprint density at radius 3 is 2.44 bits per heavy atom. The molecule has 36 heavy (non-hydrogen) atoms. The third-order valence-corrected chi connectivity index (χ3v) is 7.96. The van der Waals surface area contributed by atoms with Crippen LogP contribution in [0, 0.1) is 18.3 Å². The Morgan fingerprint density at radius 2 is 1.89 bits per heavy atom. The van der Waals surface area contributed by atoms with Gasteiger partial charge in [0.05, 0.1) is 25.0 Å². The summed E-state index contributed by atoms with van der Waals surface area (Å²) in [6.07, 6.45) is 1.54. The van der Waals surface area contributed by atoms with E-state index < -0.39 is 15.3 Å². The quantitative estimate of drug-likeness (QED) is 0.348. The van der Waals surface area contributed by atoms with Crippen molar-refractivity contribution < 1.29 is 17.9 Å². The molecule has 0 radical (unpaired) electrons. The van der Waals surface area contributed by atoms with Gasteiger partial charge in [0.2, 0.25) is 16.0 Å². The fourth-order valence-corrected chi connectivity index (χ4v) is 5.20. The highest BCUT2D eigenvalue weighted by molar-refractivity contribution is 7.93. The van der Waals surface area contributed by atoms with Crippen molar-refractivity contribution in [2.24, 2.45) is 0 Å². The molecular weight excluding hydrogens is 502 g/mol. The lowest BCUT2D eigenvalue weighted by molar-refractivity contribution is 0.391. The lowest BCUT2D eigenvalue weighted by Gasteiger charge is -2.18. The summed E-state index contributed by atoms with van der Waals surface area (Å²) in [6, 6.07) is 10.4. The first-order valence-electron chi connectivity index (χ1n) is 10.7. The van der Waals surface area contributed by atoms with Crippen molar-refractivity contribution in [3.05, 3.63) is 58.9 Å². The molecule has 1 atom stereocenters. The number of ether oxygens (including phenoxy) is 2. The zero-order chi connectivity index (χ0) is 25.9. The second-order valence-electron chi connectivity index (χ2n) is 7.80. The van der Waals surface area contributed by atoms with Crippen LogP contribution in [-0.4, -0.2) is 52.6 Å². The number of nitrogens with zero attached hydrogens (tertiary/aromatic N) is 6. The number of aromatic nitrogens is 5. The van der Waals surface area contributed by atoms with Crippen LogP contribution in [0.5, 0.6) is 11.5 Å². The molecule has 0 bridgehead atoms. The summed E-state index contributed by atoms with van der Waals surface area (Å²) < 4.78 is 41.9. The molecule has 1 aromatic carbocycles. The number of nitriles is 1. The zero-order valence-electron chi connectivity index (χ0n) is 20.0. The van der Waals surface area contributed by atoms with Crippen LogP contribution in [-0.2, 0) is 16.4 Å². The number of benzene rings is 1. The molecule has 3 heterocycles. The lowest BCUT2D eigenvalue weighted by atomic mass is 10.2. The van der Waals surface area contributed by atoms with E-state index in [1.165, 1.54) is 36.3 Å². The van der Waals surface area contributed by atoms with Gasteiger partial charge in [-0.3, -0.25) is 14.3 Å². The number of methoxy groups -OCH3 is 2. The zero-order valence-corrected chi connectivity index (χ0v) is 21.6. The standard InChI is InChI=1S/C23H23N7O4S2/c1-14-13-35-22(26-14)21-27-28-23(30(21)20-18(33-3)6-5-7-19(20)34-4)29-36(31,32)15(2)10-17-9-8-16(11-24)12-25-17/h5-9,12-13,15H,10H2,1-4H3,(H,28,29)/t15-/m1/s1. The van der Waals surface area contributed by atoms with E-state index in [0.29, 0.717) is 39.3 Å². The summed E-state index contributed by atoms with van der Waals surface area (Å²) >= 11 is 1.36. The van der Waals surface area contributed by atoms with E-state index >= 15 is 0 Å². The summed E-state index contributed by atoms with van der Waals surface area (Å²) in [5.74, 6) is 1.15. The molecule has 3 aromatic heterocycles. The van der Waals surface area contributed by atoms with Crippen molar-refractivity contribution in [3.63, 3.8) is 0 Å². The van der Waals surface area contributed by atoms with Gasteiger partial charge < -0.3 is 9.47 Å². The van der Waals surface area contributed by atoms with Crippen molar-refractivity contribution in [3.8, 4) is 34.1 Å². The maximum Gasteiger partial charge on any atom is 0.243 e. The first-order valence-corrected chi connectivity index (χ1v) is 13.2. The molecule has 0 aliphatic carbocycles. The Bertz CT molecular complexity index is 1500. The van der Waals surface area contributed by atoms with Crippen LogP contribution >= 0.6 is 11.3 Å². The summed E-state index contributed by atoms with van der Waals surface area (Å²) in [5, 5.41) is 18.9. The predicted molar refractivity (Wildman–Crippen MR) is 135 cm³/mol. The molecule has 13 heteroatoms. The minimum absolute atomic E-state index is 0.0414. The van der Waals surface area contributed by atoms with Crippen molar-refractivity contribution in [1.29, 1.82) is 5.26 Å². The summed E-state index contributed by atoms with van der Waals surface area (Å²) in [4.78, 5) is 8.68. The van der Waals surface area contributed by atoms with Gasteiger partial charge in [-0.25, -0.2) is 13.4 Å². The number of nitrogens with one attached hydrogen (secondary N) is 1. The number of hydrogen-bond acceptors (Lipinski definition) is 10. The lowest BCUT2D eigenvalue weighted by Crippen LogP contribution is -2.29. The topological polar surface area (TPSA) is 145 Å². The van der Waals surface area contributed by atoms with Crippen LogP contribution in [0.4, 0.5) is 5.95 Å². The van der Waals surface area contributed by atoms with Crippen LogP contribution in [0.1, 0.15) is 23.9 Å². The Morgan fingerprint density at radius 1 is 1.17 bits per heavy atom. The van der Waals surface area contributed by atoms with Crippen LogP contribution in [0.15, 0.2) is 41.9 Å². The second kappa shape index (κ2) is 10.3. The molecule has 186 valence electrons. The maximum absolute atomic E-state index is 13.3. The first-order chi connectivity index (χ1) is 17.3. The average molecular weight is 526 g/mol. The van der Waals surface area contributed by atoms with Crippen molar-refractivity contribution >= 4 is 27.3 Å². The van der Waals surface area contributed by atoms with Gasteiger partial charge in [-0.05, 0) is 38.1 Å². The summed E-state index contributed by atoms with van der Waals surface area (Å²) in [5.41, 5.74) is 2.16. The average Bonchev–Trinajstić information content (AvgIpc) is 3.49. The molecule has 0 saturated carbocycles. The normalized spacial score (nSPS) is 12.1. The van der Waals surface area contributed by atoms with Crippen molar-refractivity contribution in [2.45, 2.75) is 25.5 Å². The highest BCUT2D eigenvalue weighted by Crippen LogP contribution is 2.38. The number of anilines is 1. The largest absolute Gasteiger partial charge is 0.494 e. The fraction of sp³-hybridized carbons (Fsp3) is 0.261. The van der Waals surface area contributed by atoms with Crippen LogP contribution < -0.4 is 14.2 Å². The van der Waals surface area contributed by atoms with Gasteiger partial charge >= 0.3 is 0 Å². The molecule has 0 amide bonds. The second-order valence-corrected chi connectivity index (χ2v) is 10.8. The minimum atomic E-state index is -3.94. The molecule has 0 aliphatic rings. The molecule has 4 rings (SSSR count). The van der Waals surface area contributed by atoms with Crippen LogP contribution in [0.2, 0.25) is 0 Å². The van der Waals surface area contributed by atoms with E-state index in [2.05, 4.69) is 24.9 Å². The number of pyridine rings is 1. The Balaban J connectivity index is 1.77. The highest BCUT2D eigenvalue weighted by atomic mass is 32.2. The van der Waals surface area contributed by atoms with Gasteiger partial charge in [-0.2, -0.15) is 5.26 Å². The number of hydrogen-bond donors (Lipinski definition) is 1. The van der Waals surface area contributed by atoms with Gasteiger partial charge in [0.1, 0.15) is 23.3 Å². The Labute approximate surface area is 212 Å². The number of thiazole rings is 1. The van der Waals surface area contributed by atoms with Gasteiger partial charge in [0, 0.05) is 29.4 Å². The molecular formula is C23H23N7O4S2. The molecule has 4 aromatic rings. The number of sulfonamides is 1. The van der Waals surface area contributed by atoms with Crippen molar-refractivity contribution in [2.75, 3.05) is 18.9 Å². The van der Waals surface area contributed by atoms with Gasteiger partial charge in [-0.1, -0.05) is 6.07 Å². The van der Waals surface area contributed by atoms with E-state index in [9.17, 15) is 8.42 Å². The van der Waals surface area contributed by atoms with E-state index in [1.54, 1.807) is 37.3 Å². The maximum atomic E-state index is 13.3. The molecule has 0 aliphatic heterocycles. The van der Waals surface area contributed by atoms with E-state index in [4.69, 9.17) is 14.7 Å². The smallest absolute Gasteiger partial charge is 0.243 e. The number of aryl methyl sites for hydroxylation is 1. The van der Waals surface area contributed by atoms with Gasteiger partial charge in [-0.15, -0.1) is 21.5 Å². The number of rotatable bonds is 9. The number of para-hydroxylation sites is 1. The van der Waals surface area contributed by atoms with Crippen molar-refractivity contribution in [1.82, 2.24) is 24.7 Å². The van der Waals surface area contributed by atoms with Gasteiger partial charge in [0.25, 0.3) is 0 Å². The SMILES string of the molecule is COc1cccc(OC)c1-n1c(NS(=O)(=O)[C@H](C)Cc2ccc(C#N)cn2)nnc1-c1nc(C)cs1. The predicted octanol–water partition coefficient (Wildman–Crippen LogP) is 3.36. The third-order valence-electron chi connectivity index (χ3n) is 5.31. The molecule has 0 fully saturated rings. The molecule has 1 N–H and O–H groups in total. The third kappa shape index (κ3) is 5.00. The summed E-state index contributed by atoms with van der Waals surface area (Å²) in [6.45, 7) is 3.42. The van der Waals surface area contributed by atoms with Crippen LogP contribution in [0.3, 0.4) is 0 Å².